The summed E-state index contributed by atoms with van der Waals surface area (Å²) in [4.78, 5) is 0. The predicted octanol–water partition coefficient (Wildman–Crippen LogP) is -0.215. The number of aliphatic hydroxyl groups is 1. The molecule has 1 saturated heterocycles. The van der Waals surface area contributed by atoms with Crippen LogP contribution < -0.4 is 0 Å². The van der Waals surface area contributed by atoms with Crippen LogP contribution in [0.15, 0.2) is 0 Å². The van der Waals surface area contributed by atoms with E-state index < -0.39 is 30.2 Å². The van der Waals surface area contributed by atoms with Crippen molar-refractivity contribution in [1.82, 2.24) is 0 Å². The molecule has 0 aromatic carbocycles. The van der Waals surface area contributed by atoms with Gasteiger partial charge in [-0.15, -0.1) is 0 Å². The molecule has 0 radical (unpaired) electrons. The number of hydrogen-bond donors (Lipinski definition) is 1. The zero-order chi connectivity index (χ0) is 13.1. The van der Waals surface area contributed by atoms with Gasteiger partial charge in [-0.1, -0.05) is 0 Å². The summed E-state index contributed by atoms with van der Waals surface area (Å²) < 4.78 is 26.7. The first-order valence-electron chi connectivity index (χ1n) is 5.48. The van der Waals surface area contributed by atoms with Gasteiger partial charge in [0.2, 0.25) is 0 Å². The van der Waals surface area contributed by atoms with Gasteiger partial charge < -0.3 is 28.8 Å². The zero-order valence-corrected chi connectivity index (χ0v) is 11.0. The predicted molar refractivity (Wildman–Crippen MR) is 59.8 cm³/mol. The van der Waals surface area contributed by atoms with Crippen molar-refractivity contribution >= 4 is 0 Å². The molecule has 0 bridgehead atoms. The van der Waals surface area contributed by atoms with Gasteiger partial charge in [-0.3, -0.25) is 0 Å². The Morgan fingerprint density at radius 3 is 2.24 bits per heavy atom. The first kappa shape index (κ1) is 14.8. The minimum Gasteiger partial charge on any atom is -0.382 e. The Kier molecular flexibility index (Phi) is 5.30. The molecular formula is C11H22O6. The maximum atomic E-state index is 9.86. The van der Waals surface area contributed by atoms with Gasteiger partial charge in [-0.25, -0.2) is 0 Å². The monoisotopic (exact) mass is 250 g/mol. The van der Waals surface area contributed by atoms with Gasteiger partial charge >= 0.3 is 0 Å². The molecule has 6 heteroatoms. The topological polar surface area (TPSA) is 66.4 Å². The van der Waals surface area contributed by atoms with Gasteiger partial charge in [-0.05, 0) is 6.92 Å². The lowest BCUT2D eigenvalue weighted by Crippen LogP contribution is -2.67. The quantitative estimate of drug-likeness (QED) is 0.728. The normalized spacial score (nSPS) is 42.7. The van der Waals surface area contributed by atoms with Crippen molar-refractivity contribution in [2.75, 3.05) is 35.0 Å². The smallest absolute Gasteiger partial charge is 0.184 e. The average molecular weight is 250 g/mol. The molecule has 1 aliphatic rings. The first-order valence-corrected chi connectivity index (χ1v) is 5.48. The van der Waals surface area contributed by atoms with E-state index >= 15 is 0 Å². The van der Waals surface area contributed by atoms with Gasteiger partial charge in [0.25, 0.3) is 0 Å². The molecule has 1 heterocycles. The minimum atomic E-state index is -1.06. The Labute approximate surface area is 102 Å². The first-order chi connectivity index (χ1) is 8.04. The highest BCUT2D eigenvalue weighted by atomic mass is 16.7. The Hall–Kier alpha value is -0.240. The molecule has 1 N–H and O–H groups in total. The van der Waals surface area contributed by atoms with Crippen molar-refractivity contribution in [3.8, 4) is 0 Å². The molecule has 17 heavy (non-hydrogen) atoms. The van der Waals surface area contributed by atoms with E-state index in [4.69, 9.17) is 23.7 Å². The number of ether oxygens (including phenoxy) is 5. The fourth-order valence-electron chi connectivity index (χ4n) is 2.25. The van der Waals surface area contributed by atoms with Crippen LogP contribution in [-0.2, 0) is 23.7 Å². The van der Waals surface area contributed by atoms with Crippen LogP contribution in [0.3, 0.4) is 0 Å². The number of methoxy groups -OCH3 is 4. The standard InChI is InChI=1S/C11H22O6/c1-11(16-5)7(6-13-2)17-10(12)8(14-3)9(11)15-4/h7-10,12H,6H2,1-5H3/t7-,8-,9-,10+,11-/m1/s1. The molecule has 6 nitrogen and oxygen atoms in total. The highest BCUT2D eigenvalue weighted by molar-refractivity contribution is 5.01. The molecule has 1 aliphatic heterocycles. The van der Waals surface area contributed by atoms with Crippen LogP contribution in [0, 0.1) is 0 Å². The van der Waals surface area contributed by atoms with Crippen molar-refractivity contribution < 1.29 is 28.8 Å². The molecule has 0 amide bonds. The van der Waals surface area contributed by atoms with E-state index in [0.717, 1.165) is 0 Å². The van der Waals surface area contributed by atoms with Crippen molar-refractivity contribution in [2.24, 2.45) is 0 Å². The third-order valence-electron chi connectivity index (χ3n) is 3.37. The summed E-state index contributed by atoms with van der Waals surface area (Å²) in [5.74, 6) is 0. The van der Waals surface area contributed by atoms with E-state index in [1.54, 1.807) is 21.3 Å². The second-order valence-electron chi connectivity index (χ2n) is 4.22. The molecule has 0 saturated carbocycles. The molecule has 1 fully saturated rings. The summed E-state index contributed by atoms with van der Waals surface area (Å²) in [5, 5.41) is 9.86. The van der Waals surface area contributed by atoms with Gasteiger partial charge in [-0.2, -0.15) is 0 Å². The number of hydrogen-bond acceptors (Lipinski definition) is 6. The second-order valence-corrected chi connectivity index (χ2v) is 4.22. The SMILES string of the molecule is COC[C@H]1O[C@H](O)[C@H](OC)[C@@H](OC)[C@]1(C)OC. The third kappa shape index (κ3) is 2.62. The summed E-state index contributed by atoms with van der Waals surface area (Å²) in [6.07, 6.45) is -2.53. The van der Waals surface area contributed by atoms with Crippen molar-refractivity contribution in [2.45, 2.75) is 37.1 Å². The second kappa shape index (κ2) is 6.08. The molecule has 0 aromatic rings. The molecule has 1 rings (SSSR count). The third-order valence-corrected chi connectivity index (χ3v) is 3.37. The van der Waals surface area contributed by atoms with Crippen LogP contribution in [0.5, 0.6) is 0 Å². The highest BCUT2D eigenvalue weighted by Gasteiger charge is 2.54. The van der Waals surface area contributed by atoms with Gasteiger partial charge in [0.1, 0.15) is 23.9 Å². The molecular weight excluding hydrogens is 228 g/mol. The van der Waals surface area contributed by atoms with Crippen molar-refractivity contribution in [3.05, 3.63) is 0 Å². The fourth-order valence-corrected chi connectivity index (χ4v) is 2.25. The molecule has 0 aromatic heterocycles. The molecule has 0 spiro atoms. The number of rotatable bonds is 5. The lowest BCUT2D eigenvalue weighted by molar-refractivity contribution is -0.330. The highest BCUT2D eigenvalue weighted by Crippen LogP contribution is 2.34. The zero-order valence-electron chi connectivity index (χ0n) is 11.0. The van der Waals surface area contributed by atoms with Gasteiger partial charge in [0, 0.05) is 28.4 Å². The van der Waals surface area contributed by atoms with Gasteiger partial charge in [0.05, 0.1) is 6.61 Å². The minimum absolute atomic E-state index is 0.303. The van der Waals surface area contributed by atoms with Crippen LogP contribution in [-0.4, -0.2) is 70.4 Å². The van der Waals surface area contributed by atoms with Crippen LogP contribution in [0.4, 0.5) is 0 Å². The average Bonchev–Trinajstić information content (AvgIpc) is 2.33. The molecule has 0 unspecified atom stereocenters. The van der Waals surface area contributed by atoms with E-state index in [2.05, 4.69) is 0 Å². The maximum Gasteiger partial charge on any atom is 0.184 e. The number of aliphatic hydroxyl groups excluding tert-OH is 1. The van der Waals surface area contributed by atoms with E-state index in [0.29, 0.717) is 6.61 Å². The fraction of sp³-hybridized carbons (Fsp3) is 1.00. The van der Waals surface area contributed by atoms with E-state index in [9.17, 15) is 5.11 Å². The van der Waals surface area contributed by atoms with E-state index in [1.807, 2.05) is 6.92 Å². The molecule has 0 aliphatic carbocycles. The maximum absolute atomic E-state index is 9.86. The summed E-state index contributed by atoms with van der Waals surface area (Å²) in [7, 11) is 6.18. The Balaban J connectivity index is 2.98. The summed E-state index contributed by atoms with van der Waals surface area (Å²) >= 11 is 0. The Morgan fingerprint density at radius 1 is 1.18 bits per heavy atom. The van der Waals surface area contributed by atoms with Crippen LogP contribution >= 0.6 is 0 Å². The van der Waals surface area contributed by atoms with Gasteiger partial charge in [0.15, 0.2) is 6.29 Å². The van der Waals surface area contributed by atoms with Crippen LogP contribution in [0.25, 0.3) is 0 Å². The lowest BCUT2D eigenvalue weighted by atomic mass is 9.85. The van der Waals surface area contributed by atoms with E-state index in [-0.39, 0.29) is 0 Å². The molecule has 102 valence electrons. The van der Waals surface area contributed by atoms with E-state index in [1.165, 1.54) is 7.11 Å². The Morgan fingerprint density at radius 2 is 1.82 bits per heavy atom. The summed E-state index contributed by atoms with van der Waals surface area (Å²) in [5.41, 5.74) is -0.745. The largest absolute Gasteiger partial charge is 0.382 e. The summed E-state index contributed by atoms with van der Waals surface area (Å²) in [6.45, 7) is 2.15. The molecule has 5 atom stereocenters. The summed E-state index contributed by atoms with van der Waals surface area (Å²) in [6, 6.07) is 0. The van der Waals surface area contributed by atoms with Crippen molar-refractivity contribution in [3.63, 3.8) is 0 Å². The lowest BCUT2D eigenvalue weighted by Gasteiger charge is -2.49. The van der Waals surface area contributed by atoms with Crippen LogP contribution in [0.2, 0.25) is 0 Å². The van der Waals surface area contributed by atoms with Crippen LogP contribution in [0.1, 0.15) is 6.92 Å². The van der Waals surface area contributed by atoms with Crippen molar-refractivity contribution in [1.29, 1.82) is 0 Å². The Bertz CT molecular complexity index is 236.